The van der Waals surface area contributed by atoms with Crippen molar-refractivity contribution in [2.24, 2.45) is 0 Å². The molecule has 0 bridgehead atoms. The number of carbonyl (C=O) groups excluding carboxylic acids is 1. The Morgan fingerprint density at radius 1 is 1.19 bits per heavy atom. The molecule has 3 rings (SSSR count). The molecule has 1 aromatic carbocycles. The number of carbonyl (C=O) groups is 1. The van der Waals surface area contributed by atoms with E-state index in [1.165, 1.54) is 18.8 Å². The number of thiocarbonyl (C=S) groups is 1. The van der Waals surface area contributed by atoms with Crippen molar-refractivity contribution in [1.82, 2.24) is 10.6 Å². The Kier molecular flexibility index (Phi) is 3.90. The van der Waals surface area contributed by atoms with Gasteiger partial charge in [-0.15, -0.1) is 0 Å². The van der Waals surface area contributed by atoms with Crippen LogP contribution in [0.25, 0.3) is 6.08 Å². The molecule has 0 radical (unpaired) electrons. The van der Waals surface area contributed by atoms with Gasteiger partial charge >= 0.3 is 0 Å². The lowest BCUT2D eigenvalue weighted by Crippen LogP contribution is -3.12. The van der Waals surface area contributed by atoms with E-state index in [1.807, 2.05) is 18.2 Å². The second-order valence-corrected chi connectivity index (χ2v) is 5.91. The molecule has 0 unspecified atom stereocenters. The van der Waals surface area contributed by atoms with E-state index in [-0.39, 0.29) is 5.91 Å². The van der Waals surface area contributed by atoms with Crippen LogP contribution in [0.4, 0.5) is 5.69 Å². The number of benzene rings is 1. The second-order valence-electron chi connectivity index (χ2n) is 5.50. The topological polar surface area (TPSA) is 48.8 Å². The van der Waals surface area contributed by atoms with Gasteiger partial charge in [0, 0.05) is 5.69 Å². The Bertz CT molecular complexity index is 588. The molecule has 2 aliphatic heterocycles. The summed E-state index contributed by atoms with van der Waals surface area (Å²) in [6, 6.07) is 8.28. The first-order chi connectivity index (χ1) is 10.1. The Morgan fingerprint density at radius 2 is 1.86 bits per heavy atom. The predicted octanol–water partition coefficient (Wildman–Crippen LogP) is -0.633. The normalized spacial score (nSPS) is 21.6. The van der Waals surface area contributed by atoms with E-state index in [2.05, 4.69) is 34.7 Å². The standard InChI is InChI=1S/C15H18N4OS/c1-18-6-8-19(9-7-18)12-4-2-11(3-5-12)10-13-14(20)17-15(21)16-13/h2-5,10H,6-9H2,1H3,(H2,16,17,20,21)/p+1/b13-10+. The molecule has 0 spiro atoms. The summed E-state index contributed by atoms with van der Waals surface area (Å²) >= 11 is 4.91. The Hall–Kier alpha value is -1.92. The van der Waals surface area contributed by atoms with Crippen molar-refractivity contribution in [1.29, 1.82) is 0 Å². The number of nitrogens with zero attached hydrogens (tertiary/aromatic N) is 1. The molecule has 21 heavy (non-hydrogen) atoms. The molecule has 110 valence electrons. The average molecular weight is 303 g/mol. The van der Waals surface area contributed by atoms with Gasteiger partial charge in [0.1, 0.15) is 5.70 Å². The fourth-order valence-corrected chi connectivity index (χ4v) is 2.78. The molecule has 6 heteroatoms. The molecular formula is C15H19N4OS+. The summed E-state index contributed by atoms with van der Waals surface area (Å²) in [5, 5.41) is 5.77. The third kappa shape index (κ3) is 3.22. The summed E-state index contributed by atoms with van der Waals surface area (Å²) in [6.07, 6.45) is 1.81. The minimum atomic E-state index is -0.175. The van der Waals surface area contributed by atoms with Crippen LogP contribution < -0.4 is 20.4 Å². The van der Waals surface area contributed by atoms with Crippen molar-refractivity contribution in [3.63, 3.8) is 0 Å². The first kappa shape index (κ1) is 14.0. The molecule has 0 atom stereocenters. The first-order valence-electron chi connectivity index (χ1n) is 7.12. The molecule has 0 saturated carbocycles. The van der Waals surface area contributed by atoms with Gasteiger partial charge in [0.05, 0.1) is 33.2 Å². The lowest BCUT2D eigenvalue weighted by atomic mass is 10.1. The molecule has 1 aromatic rings. The van der Waals surface area contributed by atoms with Crippen LogP contribution >= 0.6 is 12.2 Å². The van der Waals surface area contributed by atoms with Gasteiger partial charge in [-0.1, -0.05) is 12.1 Å². The summed E-state index contributed by atoms with van der Waals surface area (Å²) in [5.41, 5.74) is 2.72. The van der Waals surface area contributed by atoms with E-state index in [4.69, 9.17) is 12.2 Å². The SMILES string of the molecule is C[NH+]1CCN(c2ccc(/C=C3/NC(=S)NC3=O)cc2)CC1. The highest BCUT2D eigenvalue weighted by Gasteiger charge is 2.20. The first-order valence-corrected chi connectivity index (χ1v) is 7.53. The van der Waals surface area contributed by atoms with Crippen molar-refractivity contribution < 1.29 is 9.69 Å². The van der Waals surface area contributed by atoms with Crippen LogP contribution in [0.3, 0.4) is 0 Å². The molecule has 5 nitrogen and oxygen atoms in total. The van der Waals surface area contributed by atoms with Gasteiger partial charge in [-0.25, -0.2) is 0 Å². The van der Waals surface area contributed by atoms with Gasteiger partial charge < -0.3 is 15.1 Å². The van der Waals surface area contributed by atoms with E-state index in [0.717, 1.165) is 18.7 Å². The number of hydrogen-bond donors (Lipinski definition) is 3. The Labute approximate surface area is 129 Å². The maximum atomic E-state index is 11.6. The average Bonchev–Trinajstić information content (AvgIpc) is 2.79. The molecule has 0 aliphatic carbocycles. The smallest absolute Gasteiger partial charge is 0.273 e. The lowest BCUT2D eigenvalue weighted by Gasteiger charge is -2.31. The highest BCUT2D eigenvalue weighted by Crippen LogP contribution is 2.17. The van der Waals surface area contributed by atoms with Gasteiger partial charge in [-0.2, -0.15) is 0 Å². The molecule has 2 aliphatic rings. The minimum absolute atomic E-state index is 0.175. The lowest BCUT2D eigenvalue weighted by molar-refractivity contribution is -0.880. The molecule has 2 saturated heterocycles. The predicted molar refractivity (Wildman–Crippen MR) is 87.1 cm³/mol. The molecule has 2 fully saturated rings. The van der Waals surface area contributed by atoms with Gasteiger partial charge in [0.15, 0.2) is 5.11 Å². The van der Waals surface area contributed by atoms with Crippen LogP contribution in [0.15, 0.2) is 30.0 Å². The van der Waals surface area contributed by atoms with Gasteiger partial charge in [-0.05, 0) is 36.0 Å². The fourth-order valence-electron chi connectivity index (χ4n) is 2.58. The summed E-state index contributed by atoms with van der Waals surface area (Å²) < 4.78 is 0. The number of piperazine rings is 1. The zero-order valence-corrected chi connectivity index (χ0v) is 12.8. The Morgan fingerprint density at radius 3 is 2.43 bits per heavy atom. The quantitative estimate of drug-likeness (QED) is 0.503. The van der Waals surface area contributed by atoms with Crippen molar-refractivity contribution >= 4 is 35.0 Å². The maximum absolute atomic E-state index is 11.6. The van der Waals surface area contributed by atoms with Crippen molar-refractivity contribution in [3.8, 4) is 0 Å². The summed E-state index contributed by atoms with van der Waals surface area (Å²) in [5.74, 6) is -0.175. The van der Waals surface area contributed by atoms with E-state index in [1.54, 1.807) is 4.90 Å². The van der Waals surface area contributed by atoms with Crippen LogP contribution in [0.2, 0.25) is 0 Å². The zero-order chi connectivity index (χ0) is 14.8. The minimum Gasteiger partial charge on any atom is -0.360 e. The van der Waals surface area contributed by atoms with E-state index in [9.17, 15) is 4.79 Å². The number of hydrogen-bond acceptors (Lipinski definition) is 3. The van der Waals surface area contributed by atoms with Crippen molar-refractivity contribution in [2.75, 3.05) is 38.1 Å². The molecule has 1 amide bonds. The summed E-state index contributed by atoms with van der Waals surface area (Å²) in [4.78, 5) is 15.6. The maximum Gasteiger partial charge on any atom is 0.273 e. The number of nitrogens with one attached hydrogen (secondary N) is 3. The second kappa shape index (κ2) is 5.83. The number of likely N-dealkylation sites (N-methyl/N-ethyl adjacent to an activating group) is 1. The van der Waals surface area contributed by atoms with E-state index >= 15 is 0 Å². The van der Waals surface area contributed by atoms with Gasteiger partial charge in [0.2, 0.25) is 0 Å². The summed E-state index contributed by atoms with van der Waals surface area (Å²) in [6.45, 7) is 4.52. The van der Waals surface area contributed by atoms with Crippen LogP contribution in [0.5, 0.6) is 0 Å². The van der Waals surface area contributed by atoms with Gasteiger partial charge in [-0.3, -0.25) is 10.1 Å². The Balaban J connectivity index is 1.71. The monoisotopic (exact) mass is 303 g/mol. The number of anilines is 1. The number of amides is 1. The molecule has 3 N–H and O–H groups in total. The van der Waals surface area contributed by atoms with Crippen LogP contribution in [-0.2, 0) is 4.79 Å². The van der Waals surface area contributed by atoms with Crippen LogP contribution in [0, 0.1) is 0 Å². The highest BCUT2D eigenvalue weighted by molar-refractivity contribution is 7.80. The fraction of sp³-hybridized carbons (Fsp3) is 0.333. The number of rotatable bonds is 2. The third-order valence-corrected chi connectivity index (χ3v) is 4.11. The third-order valence-electron chi connectivity index (χ3n) is 3.91. The number of quaternary nitrogens is 1. The molecule has 0 aromatic heterocycles. The highest BCUT2D eigenvalue weighted by atomic mass is 32.1. The molecule has 2 heterocycles. The van der Waals surface area contributed by atoms with Crippen molar-refractivity contribution in [3.05, 3.63) is 35.5 Å². The zero-order valence-electron chi connectivity index (χ0n) is 12.0. The van der Waals surface area contributed by atoms with Gasteiger partial charge in [0.25, 0.3) is 5.91 Å². The van der Waals surface area contributed by atoms with E-state index < -0.39 is 0 Å². The summed E-state index contributed by atoms with van der Waals surface area (Å²) in [7, 11) is 2.23. The van der Waals surface area contributed by atoms with Crippen LogP contribution in [-0.4, -0.2) is 44.2 Å². The van der Waals surface area contributed by atoms with Crippen molar-refractivity contribution in [2.45, 2.75) is 0 Å². The molecular weight excluding hydrogens is 284 g/mol. The van der Waals surface area contributed by atoms with Crippen LogP contribution in [0.1, 0.15) is 5.56 Å². The largest absolute Gasteiger partial charge is 0.360 e. The van der Waals surface area contributed by atoms with E-state index in [0.29, 0.717) is 10.8 Å².